The second-order valence-electron chi connectivity index (χ2n) is 5.21. The zero-order valence-electron chi connectivity index (χ0n) is 13.4. The Balaban J connectivity index is 1.97. The third kappa shape index (κ3) is 2.72. The fourth-order valence-corrected chi connectivity index (χ4v) is 3.00. The van der Waals surface area contributed by atoms with Gasteiger partial charge in [0, 0.05) is 21.6 Å². The van der Waals surface area contributed by atoms with Crippen molar-refractivity contribution in [2.45, 2.75) is 0 Å². The van der Waals surface area contributed by atoms with Crippen molar-refractivity contribution in [2.75, 3.05) is 19.5 Å². The van der Waals surface area contributed by atoms with Crippen LogP contribution < -0.4 is 14.8 Å². The molecule has 0 aliphatic rings. The van der Waals surface area contributed by atoms with Gasteiger partial charge >= 0.3 is 0 Å². The molecule has 0 fully saturated rings. The molecule has 0 bridgehead atoms. The molecule has 0 aliphatic heterocycles. The van der Waals surface area contributed by atoms with Crippen molar-refractivity contribution in [1.82, 2.24) is 25.0 Å². The Kier molecular flexibility index (Phi) is 3.85. The van der Waals surface area contributed by atoms with Gasteiger partial charge in [-0.2, -0.15) is 9.50 Å². The Hall–Kier alpha value is -2.94. The predicted octanol–water partition coefficient (Wildman–Crippen LogP) is 3.20. The highest BCUT2D eigenvalue weighted by atomic mass is 79.9. The molecule has 0 saturated heterocycles. The van der Waals surface area contributed by atoms with E-state index in [-0.39, 0.29) is 0 Å². The summed E-state index contributed by atoms with van der Waals surface area (Å²) in [4.78, 5) is 4.52. The van der Waals surface area contributed by atoms with Crippen LogP contribution in [0.4, 0.5) is 11.5 Å². The van der Waals surface area contributed by atoms with Crippen LogP contribution in [0.2, 0.25) is 0 Å². The summed E-state index contributed by atoms with van der Waals surface area (Å²) in [6.07, 6.45) is 0. The lowest BCUT2D eigenvalue weighted by atomic mass is 10.2. The molecule has 2 aromatic heterocycles. The number of ether oxygens (including phenoxy) is 2. The SMILES string of the molecule is COc1cc2c(Nc3cccc(Br)c3)nc3nnnn3c2cc1OC. The number of benzene rings is 2. The van der Waals surface area contributed by atoms with E-state index in [1.54, 1.807) is 18.7 Å². The molecule has 8 nitrogen and oxygen atoms in total. The number of aromatic nitrogens is 5. The number of nitrogens with zero attached hydrogens (tertiary/aromatic N) is 5. The summed E-state index contributed by atoms with van der Waals surface area (Å²) in [7, 11) is 3.18. The zero-order chi connectivity index (χ0) is 17.4. The Bertz CT molecular complexity index is 1080. The number of hydrogen-bond donors (Lipinski definition) is 1. The van der Waals surface area contributed by atoms with Crippen molar-refractivity contribution < 1.29 is 9.47 Å². The molecule has 0 saturated carbocycles. The minimum absolute atomic E-state index is 0.386. The Morgan fingerprint density at radius 2 is 1.88 bits per heavy atom. The van der Waals surface area contributed by atoms with Gasteiger partial charge in [0.2, 0.25) is 0 Å². The summed E-state index contributed by atoms with van der Waals surface area (Å²) >= 11 is 3.47. The van der Waals surface area contributed by atoms with Crippen LogP contribution in [0.5, 0.6) is 11.5 Å². The highest BCUT2D eigenvalue weighted by molar-refractivity contribution is 9.10. The smallest absolute Gasteiger partial charge is 0.275 e. The standard InChI is InChI=1S/C16H13BrN6O2/c1-24-13-7-11-12(8-14(13)25-2)23-16(20-21-22-23)19-15(11)18-10-5-3-4-9(17)6-10/h3-8H,1-2H3,(H,18,19,20,22). The van der Waals surface area contributed by atoms with Crippen LogP contribution in [-0.2, 0) is 0 Å². The molecule has 4 rings (SSSR count). The molecule has 126 valence electrons. The summed E-state index contributed by atoms with van der Waals surface area (Å²) in [5.74, 6) is 2.20. The molecule has 1 N–H and O–H groups in total. The van der Waals surface area contributed by atoms with Crippen LogP contribution in [0.3, 0.4) is 0 Å². The van der Waals surface area contributed by atoms with E-state index in [1.165, 1.54) is 0 Å². The van der Waals surface area contributed by atoms with Gasteiger partial charge in [-0.05, 0) is 34.7 Å². The number of fused-ring (bicyclic) bond motifs is 3. The minimum atomic E-state index is 0.386. The van der Waals surface area contributed by atoms with Crippen molar-refractivity contribution in [2.24, 2.45) is 0 Å². The van der Waals surface area contributed by atoms with E-state index in [0.717, 1.165) is 21.1 Å². The van der Waals surface area contributed by atoms with Gasteiger partial charge in [0.15, 0.2) is 11.5 Å². The van der Waals surface area contributed by atoms with E-state index in [0.29, 0.717) is 23.1 Å². The van der Waals surface area contributed by atoms with Gasteiger partial charge in [-0.25, -0.2) is 0 Å². The van der Waals surface area contributed by atoms with Gasteiger partial charge in [-0.15, -0.1) is 0 Å². The molecule has 2 heterocycles. The van der Waals surface area contributed by atoms with Crippen molar-refractivity contribution in [3.8, 4) is 11.5 Å². The summed E-state index contributed by atoms with van der Waals surface area (Å²) in [6, 6.07) is 11.5. The topological polar surface area (TPSA) is 86.5 Å². The third-order valence-corrected chi connectivity index (χ3v) is 4.23. The maximum Gasteiger partial charge on any atom is 0.275 e. The van der Waals surface area contributed by atoms with Crippen molar-refractivity contribution >= 4 is 44.1 Å². The number of nitrogens with one attached hydrogen (secondary N) is 1. The molecular formula is C16H13BrN6O2. The van der Waals surface area contributed by atoms with E-state index >= 15 is 0 Å². The van der Waals surface area contributed by atoms with Gasteiger partial charge in [0.25, 0.3) is 5.78 Å². The number of hydrogen-bond acceptors (Lipinski definition) is 7. The summed E-state index contributed by atoms with van der Waals surface area (Å²) < 4.78 is 13.3. The van der Waals surface area contributed by atoms with Crippen molar-refractivity contribution in [1.29, 1.82) is 0 Å². The molecular weight excluding hydrogens is 388 g/mol. The largest absolute Gasteiger partial charge is 0.493 e. The predicted molar refractivity (Wildman–Crippen MR) is 96.6 cm³/mol. The molecule has 0 radical (unpaired) electrons. The van der Waals surface area contributed by atoms with Crippen molar-refractivity contribution in [3.63, 3.8) is 0 Å². The maximum atomic E-state index is 5.41. The number of methoxy groups -OCH3 is 2. The maximum absolute atomic E-state index is 5.41. The van der Waals surface area contributed by atoms with Gasteiger partial charge in [0.05, 0.1) is 19.7 Å². The summed E-state index contributed by atoms with van der Waals surface area (Å²) in [5.41, 5.74) is 1.64. The normalized spacial score (nSPS) is 11.0. The number of halogens is 1. The molecule has 0 atom stereocenters. The molecule has 0 aliphatic carbocycles. The first-order chi connectivity index (χ1) is 12.2. The lowest BCUT2D eigenvalue weighted by Gasteiger charge is -2.13. The van der Waals surface area contributed by atoms with Crippen LogP contribution in [0.15, 0.2) is 40.9 Å². The van der Waals surface area contributed by atoms with E-state index in [2.05, 4.69) is 41.8 Å². The molecule has 0 unspecified atom stereocenters. The number of tetrazole rings is 1. The monoisotopic (exact) mass is 400 g/mol. The average molecular weight is 401 g/mol. The van der Waals surface area contributed by atoms with Crippen molar-refractivity contribution in [3.05, 3.63) is 40.9 Å². The first-order valence-electron chi connectivity index (χ1n) is 7.36. The van der Waals surface area contributed by atoms with Crippen LogP contribution in [-0.4, -0.2) is 39.2 Å². The number of anilines is 2. The Morgan fingerprint density at radius 1 is 1.08 bits per heavy atom. The second kappa shape index (κ2) is 6.17. The lowest BCUT2D eigenvalue weighted by Crippen LogP contribution is -2.02. The van der Waals surface area contributed by atoms with Gasteiger partial charge in [-0.3, -0.25) is 0 Å². The Morgan fingerprint density at radius 3 is 2.64 bits per heavy atom. The van der Waals surface area contributed by atoms with Gasteiger partial charge in [-0.1, -0.05) is 27.1 Å². The van der Waals surface area contributed by atoms with E-state index in [9.17, 15) is 0 Å². The molecule has 4 aromatic rings. The first-order valence-corrected chi connectivity index (χ1v) is 8.15. The average Bonchev–Trinajstić information content (AvgIpc) is 3.09. The molecule has 2 aromatic carbocycles. The Labute approximate surface area is 150 Å². The summed E-state index contributed by atoms with van der Waals surface area (Å²) in [6.45, 7) is 0. The van der Waals surface area contributed by atoms with Crippen LogP contribution in [0.25, 0.3) is 16.7 Å². The fraction of sp³-hybridized carbons (Fsp3) is 0.125. The fourth-order valence-electron chi connectivity index (χ4n) is 2.60. The molecule has 0 spiro atoms. The molecule has 25 heavy (non-hydrogen) atoms. The summed E-state index contributed by atoms with van der Waals surface area (Å²) in [5, 5.41) is 15.8. The van der Waals surface area contributed by atoms with Crippen LogP contribution in [0, 0.1) is 0 Å². The molecule has 0 amide bonds. The first kappa shape index (κ1) is 15.6. The quantitative estimate of drug-likeness (QED) is 0.562. The highest BCUT2D eigenvalue weighted by Crippen LogP contribution is 2.35. The number of rotatable bonds is 4. The van der Waals surface area contributed by atoms with E-state index in [4.69, 9.17) is 9.47 Å². The van der Waals surface area contributed by atoms with E-state index < -0.39 is 0 Å². The zero-order valence-corrected chi connectivity index (χ0v) is 15.0. The second-order valence-corrected chi connectivity index (χ2v) is 6.13. The third-order valence-electron chi connectivity index (χ3n) is 3.74. The van der Waals surface area contributed by atoms with Crippen LogP contribution >= 0.6 is 15.9 Å². The van der Waals surface area contributed by atoms with Gasteiger partial charge in [0.1, 0.15) is 5.82 Å². The van der Waals surface area contributed by atoms with Crippen LogP contribution in [0.1, 0.15) is 0 Å². The van der Waals surface area contributed by atoms with E-state index in [1.807, 2.05) is 36.4 Å². The molecule has 9 heteroatoms. The minimum Gasteiger partial charge on any atom is -0.493 e. The lowest BCUT2D eigenvalue weighted by molar-refractivity contribution is 0.355. The highest BCUT2D eigenvalue weighted by Gasteiger charge is 2.15. The van der Waals surface area contributed by atoms with Gasteiger partial charge < -0.3 is 14.8 Å².